The lowest BCUT2D eigenvalue weighted by Gasteiger charge is -2.16. The standard InChI is InChI=1S/C13H19N5/c1-17(6-5-15-12-2-3-12)10-11-8-16-18-7-4-14-9-13(11)18/h4,7-9,12,15H,2-3,5-6,10H2,1H3. The number of rotatable bonds is 6. The first-order valence-electron chi connectivity index (χ1n) is 6.51. The first-order chi connectivity index (χ1) is 8.83. The molecule has 1 saturated carbocycles. The van der Waals surface area contributed by atoms with Crippen LogP contribution in [0.1, 0.15) is 18.4 Å². The van der Waals surface area contributed by atoms with Crippen molar-refractivity contribution in [3.63, 3.8) is 0 Å². The van der Waals surface area contributed by atoms with E-state index in [0.717, 1.165) is 31.2 Å². The Morgan fingerprint density at radius 2 is 2.33 bits per heavy atom. The van der Waals surface area contributed by atoms with Crippen molar-refractivity contribution in [1.29, 1.82) is 0 Å². The van der Waals surface area contributed by atoms with Crippen molar-refractivity contribution in [1.82, 2.24) is 24.8 Å². The van der Waals surface area contributed by atoms with Crippen LogP contribution in [0.4, 0.5) is 0 Å². The summed E-state index contributed by atoms with van der Waals surface area (Å²) in [6.45, 7) is 3.05. The number of nitrogens with one attached hydrogen (secondary N) is 1. The SMILES string of the molecule is CN(CCNC1CC1)Cc1cnn2ccncc12. The minimum Gasteiger partial charge on any atom is -0.313 e. The second kappa shape index (κ2) is 5.04. The van der Waals surface area contributed by atoms with Gasteiger partial charge in [-0.2, -0.15) is 5.10 Å². The van der Waals surface area contributed by atoms with Gasteiger partial charge >= 0.3 is 0 Å². The molecular weight excluding hydrogens is 226 g/mol. The van der Waals surface area contributed by atoms with E-state index < -0.39 is 0 Å². The number of nitrogens with zero attached hydrogens (tertiary/aromatic N) is 4. The topological polar surface area (TPSA) is 45.5 Å². The van der Waals surface area contributed by atoms with Crippen molar-refractivity contribution in [2.75, 3.05) is 20.1 Å². The summed E-state index contributed by atoms with van der Waals surface area (Å²) in [6, 6.07) is 0.791. The summed E-state index contributed by atoms with van der Waals surface area (Å²) < 4.78 is 1.87. The van der Waals surface area contributed by atoms with E-state index in [9.17, 15) is 0 Å². The van der Waals surface area contributed by atoms with Gasteiger partial charge in [0.05, 0.1) is 17.9 Å². The van der Waals surface area contributed by atoms with Gasteiger partial charge in [-0.25, -0.2) is 4.52 Å². The summed E-state index contributed by atoms with van der Waals surface area (Å²) in [5.74, 6) is 0. The van der Waals surface area contributed by atoms with Crippen LogP contribution >= 0.6 is 0 Å². The molecule has 1 aliphatic rings. The molecule has 18 heavy (non-hydrogen) atoms. The Labute approximate surface area is 107 Å². The zero-order valence-electron chi connectivity index (χ0n) is 10.7. The van der Waals surface area contributed by atoms with E-state index in [4.69, 9.17) is 0 Å². The molecule has 3 rings (SSSR count). The minimum atomic E-state index is 0.791. The van der Waals surface area contributed by atoms with E-state index in [0.29, 0.717) is 0 Å². The van der Waals surface area contributed by atoms with Crippen molar-refractivity contribution >= 4 is 5.52 Å². The largest absolute Gasteiger partial charge is 0.313 e. The Morgan fingerprint density at radius 1 is 1.44 bits per heavy atom. The minimum absolute atomic E-state index is 0.791. The second-order valence-corrected chi connectivity index (χ2v) is 5.04. The van der Waals surface area contributed by atoms with E-state index in [1.807, 2.05) is 23.1 Å². The third-order valence-corrected chi connectivity index (χ3v) is 3.35. The molecule has 5 nitrogen and oxygen atoms in total. The number of likely N-dealkylation sites (N-methyl/N-ethyl adjacent to an activating group) is 1. The van der Waals surface area contributed by atoms with Crippen LogP contribution in [0.25, 0.3) is 5.52 Å². The highest BCUT2D eigenvalue weighted by molar-refractivity contribution is 5.51. The molecule has 96 valence electrons. The molecule has 0 aliphatic heterocycles. The van der Waals surface area contributed by atoms with Crippen LogP contribution in [-0.4, -0.2) is 45.7 Å². The van der Waals surface area contributed by atoms with Crippen LogP contribution in [0.2, 0.25) is 0 Å². The van der Waals surface area contributed by atoms with Gasteiger partial charge in [-0.3, -0.25) is 4.98 Å². The van der Waals surface area contributed by atoms with E-state index in [2.05, 4.69) is 27.3 Å². The lowest BCUT2D eigenvalue weighted by atomic mass is 10.3. The fourth-order valence-corrected chi connectivity index (χ4v) is 2.12. The Balaban J connectivity index is 1.57. The molecule has 1 fully saturated rings. The zero-order valence-corrected chi connectivity index (χ0v) is 10.7. The van der Waals surface area contributed by atoms with E-state index >= 15 is 0 Å². The van der Waals surface area contributed by atoms with Gasteiger partial charge in [0.1, 0.15) is 0 Å². The van der Waals surface area contributed by atoms with Gasteiger partial charge in [-0.05, 0) is 19.9 Å². The molecule has 0 amide bonds. The lowest BCUT2D eigenvalue weighted by molar-refractivity contribution is 0.325. The van der Waals surface area contributed by atoms with Crippen molar-refractivity contribution in [3.8, 4) is 0 Å². The molecule has 2 aromatic rings. The summed E-state index contributed by atoms with van der Waals surface area (Å²) >= 11 is 0. The average molecular weight is 245 g/mol. The van der Waals surface area contributed by atoms with Crippen molar-refractivity contribution in [3.05, 3.63) is 30.4 Å². The van der Waals surface area contributed by atoms with E-state index in [-0.39, 0.29) is 0 Å². The molecule has 0 spiro atoms. The molecule has 0 radical (unpaired) electrons. The molecule has 0 aromatic carbocycles. The predicted octanol–water partition coefficient (Wildman–Crippen LogP) is 0.913. The molecule has 0 atom stereocenters. The van der Waals surface area contributed by atoms with Gasteiger partial charge in [0.15, 0.2) is 0 Å². The molecular formula is C13H19N5. The van der Waals surface area contributed by atoms with Gasteiger partial charge in [0.25, 0.3) is 0 Å². The molecule has 1 aliphatic carbocycles. The highest BCUT2D eigenvalue weighted by Gasteiger charge is 2.19. The highest BCUT2D eigenvalue weighted by atomic mass is 15.2. The van der Waals surface area contributed by atoms with Gasteiger partial charge in [0.2, 0.25) is 0 Å². The molecule has 1 N–H and O–H groups in total. The maximum absolute atomic E-state index is 4.32. The lowest BCUT2D eigenvalue weighted by Crippen LogP contribution is -2.30. The zero-order chi connectivity index (χ0) is 12.4. The van der Waals surface area contributed by atoms with Crippen LogP contribution in [-0.2, 0) is 6.54 Å². The van der Waals surface area contributed by atoms with Crippen LogP contribution in [0, 0.1) is 0 Å². The maximum Gasteiger partial charge on any atom is 0.0889 e. The number of fused-ring (bicyclic) bond motifs is 1. The number of aromatic nitrogens is 3. The van der Waals surface area contributed by atoms with Crippen LogP contribution in [0.3, 0.4) is 0 Å². The normalized spacial score (nSPS) is 15.7. The fourth-order valence-electron chi connectivity index (χ4n) is 2.12. The van der Waals surface area contributed by atoms with Crippen molar-refractivity contribution in [2.24, 2.45) is 0 Å². The summed E-state index contributed by atoms with van der Waals surface area (Å²) in [5, 5.41) is 7.85. The maximum atomic E-state index is 4.32. The quantitative estimate of drug-likeness (QED) is 0.822. The second-order valence-electron chi connectivity index (χ2n) is 5.04. The van der Waals surface area contributed by atoms with Gasteiger partial charge in [-0.15, -0.1) is 0 Å². The Bertz CT molecular complexity index is 517. The summed E-state index contributed by atoms with van der Waals surface area (Å²) in [6.07, 6.45) is 10.1. The molecule has 2 aromatic heterocycles. The number of hydrogen-bond donors (Lipinski definition) is 1. The molecule has 0 unspecified atom stereocenters. The Morgan fingerprint density at radius 3 is 3.17 bits per heavy atom. The highest BCUT2D eigenvalue weighted by Crippen LogP contribution is 2.18. The summed E-state index contributed by atoms with van der Waals surface area (Å²) in [7, 11) is 2.15. The van der Waals surface area contributed by atoms with Gasteiger partial charge in [-0.1, -0.05) is 0 Å². The van der Waals surface area contributed by atoms with E-state index in [1.54, 1.807) is 6.20 Å². The Hall–Kier alpha value is -1.46. The van der Waals surface area contributed by atoms with Crippen LogP contribution < -0.4 is 5.32 Å². The van der Waals surface area contributed by atoms with Crippen LogP contribution in [0.15, 0.2) is 24.8 Å². The third kappa shape index (κ3) is 2.68. The molecule has 5 heteroatoms. The summed E-state index contributed by atoms with van der Waals surface area (Å²) in [5.41, 5.74) is 2.33. The van der Waals surface area contributed by atoms with Crippen LogP contribution in [0.5, 0.6) is 0 Å². The van der Waals surface area contributed by atoms with Crippen molar-refractivity contribution in [2.45, 2.75) is 25.4 Å². The molecule has 0 bridgehead atoms. The smallest absolute Gasteiger partial charge is 0.0889 e. The first-order valence-corrected chi connectivity index (χ1v) is 6.51. The third-order valence-electron chi connectivity index (χ3n) is 3.35. The number of hydrogen-bond acceptors (Lipinski definition) is 4. The summed E-state index contributed by atoms with van der Waals surface area (Å²) in [4.78, 5) is 6.47. The average Bonchev–Trinajstić information content (AvgIpc) is 3.11. The predicted molar refractivity (Wildman–Crippen MR) is 70.3 cm³/mol. The Kier molecular flexibility index (Phi) is 3.25. The van der Waals surface area contributed by atoms with Crippen molar-refractivity contribution < 1.29 is 0 Å². The first kappa shape index (κ1) is 11.6. The van der Waals surface area contributed by atoms with Gasteiger partial charge < -0.3 is 10.2 Å². The monoisotopic (exact) mass is 245 g/mol. The fraction of sp³-hybridized carbons (Fsp3) is 0.538. The van der Waals surface area contributed by atoms with Gasteiger partial charge in [0, 0.05) is 43.6 Å². The van der Waals surface area contributed by atoms with E-state index in [1.165, 1.54) is 18.4 Å². The molecule has 2 heterocycles. The molecule has 0 saturated heterocycles.